The van der Waals surface area contributed by atoms with Gasteiger partial charge in [0.25, 0.3) is 0 Å². The summed E-state index contributed by atoms with van der Waals surface area (Å²) in [6.07, 6.45) is 13.2. The molecule has 1 fully saturated rings. The molecular formula is C15H29NO2S. The third-order valence-corrected chi connectivity index (χ3v) is 5.02. The summed E-state index contributed by atoms with van der Waals surface area (Å²) >= 11 is 1.76. The van der Waals surface area contributed by atoms with Crippen LogP contribution in [0.1, 0.15) is 71.1 Å². The van der Waals surface area contributed by atoms with E-state index in [0.29, 0.717) is 5.37 Å². The summed E-state index contributed by atoms with van der Waals surface area (Å²) < 4.78 is 0. The summed E-state index contributed by atoms with van der Waals surface area (Å²) in [5.74, 6) is 0.0133. The van der Waals surface area contributed by atoms with Gasteiger partial charge in [-0.2, -0.15) is 0 Å². The molecule has 3 nitrogen and oxygen atoms in total. The van der Waals surface area contributed by atoms with Crippen LogP contribution in [0.25, 0.3) is 0 Å². The van der Waals surface area contributed by atoms with Crippen molar-refractivity contribution in [1.29, 1.82) is 0 Å². The zero-order valence-corrected chi connectivity index (χ0v) is 13.0. The second-order valence-corrected chi connectivity index (χ2v) is 6.73. The molecule has 19 heavy (non-hydrogen) atoms. The van der Waals surface area contributed by atoms with Crippen molar-refractivity contribution in [3.63, 3.8) is 0 Å². The molecule has 2 atom stereocenters. The molecule has 0 amide bonds. The van der Waals surface area contributed by atoms with Gasteiger partial charge in [0.15, 0.2) is 0 Å². The Morgan fingerprint density at radius 3 is 2.21 bits per heavy atom. The Bertz CT molecular complexity index is 248. The molecule has 0 aromatic heterocycles. The number of unbranched alkanes of at least 4 members (excludes halogenated alkanes) is 8. The van der Waals surface area contributed by atoms with Crippen LogP contribution in [0.4, 0.5) is 0 Å². The molecule has 112 valence electrons. The molecule has 0 radical (unpaired) electrons. The SMILES string of the molecule is CCCCCCCCCCC[C@H]1N[C@@H](C(=O)O)CS1. The number of carboxylic acids is 1. The zero-order chi connectivity index (χ0) is 13.9. The smallest absolute Gasteiger partial charge is 0.321 e. The van der Waals surface area contributed by atoms with E-state index in [4.69, 9.17) is 5.11 Å². The van der Waals surface area contributed by atoms with Crippen molar-refractivity contribution in [2.24, 2.45) is 0 Å². The summed E-state index contributed by atoms with van der Waals surface area (Å²) in [5, 5.41) is 12.4. The van der Waals surface area contributed by atoms with Gasteiger partial charge >= 0.3 is 5.97 Å². The van der Waals surface area contributed by atoms with Crippen LogP contribution in [0.5, 0.6) is 0 Å². The van der Waals surface area contributed by atoms with Gasteiger partial charge < -0.3 is 5.11 Å². The van der Waals surface area contributed by atoms with Crippen LogP contribution in [0.2, 0.25) is 0 Å². The van der Waals surface area contributed by atoms with Gasteiger partial charge in [-0.25, -0.2) is 0 Å². The fourth-order valence-corrected chi connectivity index (χ4v) is 3.74. The minimum Gasteiger partial charge on any atom is -0.480 e. The van der Waals surface area contributed by atoms with Crippen molar-refractivity contribution in [1.82, 2.24) is 5.32 Å². The highest BCUT2D eigenvalue weighted by Gasteiger charge is 2.28. The maximum absolute atomic E-state index is 10.8. The Morgan fingerprint density at radius 2 is 1.68 bits per heavy atom. The molecule has 0 aromatic carbocycles. The van der Waals surface area contributed by atoms with E-state index in [9.17, 15) is 4.79 Å². The van der Waals surface area contributed by atoms with Crippen LogP contribution < -0.4 is 5.32 Å². The molecule has 0 spiro atoms. The molecule has 0 aromatic rings. The number of rotatable bonds is 11. The van der Waals surface area contributed by atoms with E-state index < -0.39 is 5.97 Å². The van der Waals surface area contributed by atoms with Crippen LogP contribution in [0.15, 0.2) is 0 Å². The predicted molar refractivity (Wildman–Crippen MR) is 82.6 cm³/mol. The van der Waals surface area contributed by atoms with E-state index in [2.05, 4.69) is 12.2 Å². The molecule has 1 heterocycles. The second kappa shape index (κ2) is 10.6. The Morgan fingerprint density at radius 1 is 1.11 bits per heavy atom. The monoisotopic (exact) mass is 287 g/mol. The first kappa shape index (κ1) is 16.8. The lowest BCUT2D eigenvalue weighted by atomic mass is 10.1. The molecule has 2 N–H and O–H groups in total. The van der Waals surface area contributed by atoms with Gasteiger partial charge in [0.1, 0.15) is 6.04 Å². The number of hydrogen-bond donors (Lipinski definition) is 2. The fourth-order valence-electron chi connectivity index (χ4n) is 2.48. The summed E-state index contributed by atoms with van der Waals surface area (Å²) in [7, 11) is 0. The Balaban J connectivity index is 1.85. The van der Waals surface area contributed by atoms with Gasteiger partial charge in [-0.1, -0.05) is 64.7 Å². The van der Waals surface area contributed by atoms with Crippen molar-refractivity contribution < 1.29 is 9.90 Å². The lowest BCUT2D eigenvalue weighted by Gasteiger charge is -2.10. The Hall–Kier alpha value is -0.220. The molecule has 0 aliphatic carbocycles. The molecule has 1 rings (SSSR count). The fraction of sp³-hybridized carbons (Fsp3) is 0.933. The number of aliphatic carboxylic acids is 1. The van der Waals surface area contributed by atoms with Crippen molar-refractivity contribution in [2.75, 3.05) is 5.75 Å². The molecule has 0 saturated carbocycles. The average Bonchev–Trinajstić information content (AvgIpc) is 2.86. The highest BCUT2D eigenvalue weighted by atomic mass is 32.2. The first-order chi connectivity index (χ1) is 9.24. The van der Waals surface area contributed by atoms with Crippen molar-refractivity contribution >= 4 is 17.7 Å². The molecule has 1 saturated heterocycles. The van der Waals surface area contributed by atoms with Crippen LogP contribution >= 0.6 is 11.8 Å². The van der Waals surface area contributed by atoms with Gasteiger partial charge in [0.2, 0.25) is 0 Å². The van der Waals surface area contributed by atoms with Crippen molar-refractivity contribution in [3.8, 4) is 0 Å². The molecular weight excluding hydrogens is 258 g/mol. The van der Waals surface area contributed by atoms with Crippen LogP contribution in [0.3, 0.4) is 0 Å². The first-order valence-electron chi connectivity index (χ1n) is 7.84. The summed E-state index contributed by atoms with van der Waals surface area (Å²) in [4.78, 5) is 10.8. The quantitative estimate of drug-likeness (QED) is 0.563. The minimum atomic E-state index is -0.706. The van der Waals surface area contributed by atoms with E-state index in [-0.39, 0.29) is 6.04 Å². The van der Waals surface area contributed by atoms with Crippen molar-refractivity contribution in [3.05, 3.63) is 0 Å². The average molecular weight is 287 g/mol. The van der Waals surface area contributed by atoms with E-state index in [0.717, 1.165) is 12.2 Å². The number of thioether (sulfide) groups is 1. The van der Waals surface area contributed by atoms with Gasteiger partial charge in [0.05, 0.1) is 5.37 Å². The third-order valence-electron chi connectivity index (χ3n) is 3.72. The maximum Gasteiger partial charge on any atom is 0.321 e. The van der Waals surface area contributed by atoms with E-state index >= 15 is 0 Å². The molecule has 1 aliphatic heterocycles. The number of carboxylic acid groups (broad SMARTS) is 1. The second-order valence-electron chi connectivity index (χ2n) is 5.50. The zero-order valence-electron chi connectivity index (χ0n) is 12.2. The predicted octanol–water partition coefficient (Wildman–Crippen LogP) is 4.02. The summed E-state index contributed by atoms with van der Waals surface area (Å²) in [6.45, 7) is 2.25. The van der Waals surface area contributed by atoms with E-state index in [1.807, 2.05) is 0 Å². The highest BCUT2D eigenvalue weighted by molar-refractivity contribution is 8.00. The standard InChI is InChI=1S/C15H29NO2S/c1-2-3-4-5-6-7-8-9-10-11-14-16-13(12-19-14)15(17)18/h13-14,16H,2-12H2,1H3,(H,17,18)/t13-,14+/m1/s1. The van der Waals surface area contributed by atoms with Crippen LogP contribution in [0, 0.1) is 0 Å². The first-order valence-corrected chi connectivity index (χ1v) is 8.89. The van der Waals surface area contributed by atoms with Crippen LogP contribution in [-0.4, -0.2) is 28.2 Å². The lowest BCUT2D eigenvalue weighted by molar-refractivity contribution is -0.138. The number of carbonyl (C=O) groups is 1. The summed E-state index contributed by atoms with van der Waals surface area (Å²) in [5.41, 5.74) is 0. The van der Waals surface area contributed by atoms with Crippen molar-refractivity contribution in [2.45, 2.75) is 82.5 Å². The molecule has 0 bridgehead atoms. The van der Waals surface area contributed by atoms with Gasteiger partial charge in [-0.15, -0.1) is 11.8 Å². The maximum atomic E-state index is 10.8. The van der Waals surface area contributed by atoms with E-state index in [1.165, 1.54) is 57.8 Å². The van der Waals surface area contributed by atoms with Gasteiger partial charge in [-0.3, -0.25) is 10.1 Å². The topological polar surface area (TPSA) is 49.3 Å². The Labute approximate surface area is 121 Å². The van der Waals surface area contributed by atoms with E-state index in [1.54, 1.807) is 11.8 Å². The third kappa shape index (κ3) is 7.83. The number of hydrogen-bond acceptors (Lipinski definition) is 3. The highest BCUT2D eigenvalue weighted by Crippen LogP contribution is 2.23. The van der Waals surface area contributed by atoms with Gasteiger partial charge in [-0.05, 0) is 6.42 Å². The normalized spacial score (nSPS) is 22.8. The minimum absolute atomic E-state index is 0.325. The number of nitrogens with one attached hydrogen (secondary N) is 1. The van der Waals surface area contributed by atoms with Crippen LogP contribution in [-0.2, 0) is 4.79 Å². The van der Waals surface area contributed by atoms with Gasteiger partial charge in [0, 0.05) is 5.75 Å². The molecule has 1 aliphatic rings. The Kier molecular flexibility index (Phi) is 9.35. The lowest BCUT2D eigenvalue weighted by Crippen LogP contribution is -2.36. The molecule has 0 unspecified atom stereocenters. The summed E-state index contributed by atoms with van der Waals surface area (Å²) in [6, 6.07) is -0.325. The molecule has 4 heteroatoms. The largest absolute Gasteiger partial charge is 0.480 e.